The van der Waals surface area contributed by atoms with E-state index >= 15 is 0 Å². The van der Waals surface area contributed by atoms with Gasteiger partial charge in [-0.1, -0.05) is 23.7 Å². The number of ether oxygens (including phenoxy) is 1. The van der Waals surface area contributed by atoms with Crippen LogP contribution in [-0.4, -0.2) is 21.9 Å². The number of nitrogen functional groups attached to an aromatic ring is 1. The molecule has 0 unspecified atom stereocenters. The lowest BCUT2D eigenvalue weighted by Crippen LogP contribution is -2.34. The van der Waals surface area contributed by atoms with Crippen LogP contribution in [-0.2, 0) is 0 Å². The molecule has 0 radical (unpaired) electrons. The number of carbonyl (C=O) groups excluding carboxylic acids is 2. The summed E-state index contributed by atoms with van der Waals surface area (Å²) in [6.45, 7) is 1.80. The smallest absolute Gasteiger partial charge is 0.326 e. The SMILES string of the molecule is Cc1cc(NC(=O)NC(=O)c2ccccc2N)ccc1Oc1ncc(Cl)cn1. The Morgan fingerprint density at radius 2 is 1.82 bits per heavy atom. The molecule has 2 aromatic carbocycles. The number of aryl methyl sites for hydroxylation is 1. The second-order valence-electron chi connectivity index (χ2n) is 5.76. The topological polar surface area (TPSA) is 119 Å². The van der Waals surface area contributed by atoms with Crippen molar-refractivity contribution in [3.8, 4) is 11.8 Å². The number of carbonyl (C=O) groups is 2. The third kappa shape index (κ3) is 4.74. The molecule has 3 amide bonds. The molecule has 1 heterocycles. The number of hydrogen-bond donors (Lipinski definition) is 3. The standard InChI is InChI=1S/C19H16ClN5O3/c1-11-8-13(6-7-16(11)28-19-22-9-12(20)10-23-19)24-18(27)25-17(26)14-4-2-3-5-15(14)21/h2-10H,21H2,1H3,(H2,24,25,26,27). The Morgan fingerprint density at radius 3 is 2.50 bits per heavy atom. The van der Waals surface area contributed by atoms with Crippen LogP contribution in [0.25, 0.3) is 0 Å². The molecule has 0 bridgehead atoms. The van der Waals surface area contributed by atoms with Gasteiger partial charge >= 0.3 is 12.0 Å². The minimum absolute atomic E-state index is 0.150. The number of hydrogen-bond acceptors (Lipinski definition) is 6. The van der Waals surface area contributed by atoms with Crippen LogP contribution in [0.2, 0.25) is 5.02 Å². The molecule has 0 aliphatic rings. The zero-order valence-corrected chi connectivity index (χ0v) is 15.5. The molecule has 1 aromatic heterocycles. The highest BCUT2D eigenvalue weighted by molar-refractivity contribution is 6.30. The van der Waals surface area contributed by atoms with E-state index < -0.39 is 11.9 Å². The summed E-state index contributed by atoms with van der Waals surface area (Å²) in [4.78, 5) is 32.1. The number of imide groups is 1. The van der Waals surface area contributed by atoms with Gasteiger partial charge in [0, 0.05) is 11.4 Å². The van der Waals surface area contributed by atoms with Crippen LogP contribution in [0.15, 0.2) is 54.9 Å². The molecule has 0 aliphatic carbocycles. The molecule has 8 nitrogen and oxygen atoms in total. The molecular weight excluding hydrogens is 382 g/mol. The quantitative estimate of drug-likeness (QED) is 0.576. The number of aromatic nitrogens is 2. The number of amides is 3. The first-order valence-electron chi connectivity index (χ1n) is 8.15. The number of benzene rings is 2. The summed E-state index contributed by atoms with van der Waals surface area (Å²) in [5.74, 6) is -0.0754. The van der Waals surface area contributed by atoms with Crippen molar-refractivity contribution in [2.24, 2.45) is 0 Å². The van der Waals surface area contributed by atoms with E-state index in [0.717, 1.165) is 5.56 Å². The van der Waals surface area contributed by atoms with Crippen molar-refractivity contribution in [1.82, 2.24) is 15.3 Å². The van der Waals surface area contributed by atoms with E-state index in [-0.39, 0.29) is 17.3 Å². The molecule has 0 spiro atoms. The largest absolute Gasteiger partial charge is 0.424 e. The molecule has 9 heteroatoms. The van der Waals surface area contributed by atoms with E-state index in [2.05, 4.69) is 20.6 Å². The average Bonchev–Trinajstić information content (AvgIpc) is 2.66. The minimum atomic E-state index is -0.678. The van der Waals surface area contributed by atoms with E-state index in [1.165, 1.54) is 18.5 Å². The lowest BCUT2D eigenvalue weighted by molar-refractivity contribution is 0.0968. The summed E-state index contributed by atoms with van der Waals surface area (Å²) < 4.78 is 5.58. The van der Waals surface area contributed by atoms with Gasteiger partial charge in [0.05, 0.1) is 23.0 Å². The van der Waals surface area contributed by atoms with Gasteiger partial charge in [-0.2, -0.15) is 0 Å². The zero-order valence-electron chi connectivity index (χ0n) is 14.8. The molecule has 0 atom stereocenters. The Hall–Kier alpha value is -3.65. The number of urea groups is 1. The molecule has 0 aliphatic heterocycles. The highest BCUT2D eigenvalue weighted by Crippen LogP contribution is 2.25. The maximum atomic E-state index is 12.1. The third-order valence-electron chi connectivity index (χ3n) is 3.66. The number of halogens is 1. The predicted molar refractivity (Wildman–Crippen MR) is 106 cm³/mol. The number of nitrogens with two attached hydrogens (primary N) is 1. The van der Waals surface area contributed by atoms with Crippen LogP contribution >= 0.6 is 11.6 Å². The van der Waals surface area contributed by atoms with Crippen LogP contribution in [0.3, 0.4) is 0 Å². The van der Waals surface area contributed by atoms with Crippen molar-refractivity contribution < 1.29 is 14.3 Å². The number of rotatable bonds is 4. The Bertz CT molecular complexity index is 1020. The van der Waals surface area contributed by atoms with Gasteiger partial charge in [-0.25, -0.2) is 14.8 Å². The summed E-state index contributed by atoms with van der Waals surface area (Å²) in [6.07, 6.45) is 2.85. The molecule has 3 aromatic rings. The second kappa shape index (κ2) is 8.36. The second-order valence-corrected chi connectivity index (χ2v) is 6.20. The van der Waals surface area contributed by atoms with E-state index in [0.29, 0.717) is 16.5 Å². The summed E-state index contributed by atoms with van der Waals surface area (Å²) in [7, 11) is 0. The highest BCUT2D eigenvalue weighted by Gasteiger charge is 2.13. The number of nitrogens with zero attached hydrogens (tertiary/aromatic N) is 2. The Morgan fingerprint density at radius 1 is 1.11 bits per heavy atom. The van der Waals surface area contributed by atoms with E-state index in [1.54, 1.807) is 43.3 Å². The third-order valence-corrected chi connectivity index (χ3v) is 3.86. The minimum Gasteiger partial charge on any atom is -0.424 e. The molecule has 0 saturated carbocycles. The lowest BCUT2D eigenvalue weighted by Gasteiger charge is -2.11. The van der Waals surface area contributed by atoms with Gasteiger partial charge in [0.15, 0.2) is 0 Å². The fourth-order valence-corrected chi connectivity index (χ4v) is 2.43. The van der Waals surface area contributed by atoms with Crippen LogP contribution < -0.4 is 21.1 Å². The number of para-hydroxylation sites is 1. The van der Waals surface area contributed by atoms with E-state index in [1.807, 2.05) is 0 Å². The van der Waals surface area contributed by atoms with Crippen LogP contribution in [0.5, 0.6) is 11.8 Å². The molecule has 0 saturated heterocycles. The Balaban J connectivity index is 1.63. The predicted octanol–water partition coefficient (Wildman–Crippen LogP) is 3.77. The van der Waals surface area contributed by atoms with Gasteiger partial charge in [0.1, 0.15) is 5.75 Å². The fraction of sp³-hybridized carbons (Fsp3) is 0.0526. The normalized spacial score (nSPS) is 10.2. The van der Waals surface area contributed by atoms with Gasteiger partial charge in [0.25, 0.3) is 5.91 Å². The Labute approximate surface area is 165 Å². The van der Waals surface area contributed by atoms with E-state index in [4.69, 9.17) is 22.1 Å². The lowest BCUT2D eigenvalue weighted by atomic mass is 10.1. The van der Waals surface area contributed by atoms with Crippen LogP contribution in [0.4, 0.5) is 16.2 Å². The van der Waals surface area contributed by atoms with Gasteiger partial charge in [-0.3, -0.25) is 10.1 Å². The van der Waals surface area contributed by atoms with Crippen molar-refractivity contribution in [3.05, 3.63) is 71.0 Å². The number of nitrogens with one attached hydrogen (secondary N) is 2. The monoisotopic (exact) mass is 397 g/mol. The summed E-state index contributed by atoms with van der Waals surface area (Å²) in [6, 6.07) is 10.9. The van der Waals surface area contributed by atoms with Crippen LogP contribution in [0.1, 0.15) is 15.9 Å². The first kappa shape index (κ1) is 19.1. The van der Waals surface area contributed by atoms with Crippen molar-refractivity contribution in [1.29, 1.82) is 0 Å². The first-order valence-corrected chi connectivity index (χ1v) is 8.53. The van der Waals surface area contributed by atoms with Gasteiger partial charge in [-0.15, -0.1) is 0 Å². The maximum absolute atomic E-state index is 12.1. The van der Waals surface area contributed by atoms with Crippen molar-refractivity contribution >= 4 is 34.9 Å². The van der Waals surface area contributed by atoms with Crippen molar-refractivity contribution in [2.45, 2.75) is 6.92 Å². The first-order chi connectivity index (χ1) is 13.4. The van der Waals surface area contributed by atoms with Crippen molar-refractivity contribution in [3.63, 3.8) is 0 Å². The highest BCUT2D eigenvalue weighted by atomic mass is 35.5. The molecule has 3 rings (SSSR count). The summed E-state index contributed by atoms with van der Waals surface area (Å²) in [5, 5.41) is 5.22. The van der Waals surface area contributed by atoms with Crippen molar-refractivity contribution in [2.75, 3.05) is 11.1 Å². The zero-order chi connectivity index (χ0) is 20.1. The summed E-state index contributed by atoms with van der Waals surface area (Å²) >= 11 is 5.74. The molecule has 28 heavy (non-hydrogen) atoms. The molecule has 4 N–H and O–H groups in total. The number of anilines is 2. The van der Waals surface area contributed by atoms with Gasteiger partial charge < -0.3 is 15.8 Å². The maximum Gasteiger partial charge on any atom is 0.326 e. The van der Waals surface area contributed by atoms with E-state index in [9.17, 15) is 9.59 Å². The van der Waals surface area contributed by atoms with Crippen LogP contribution in [0, 0.1) is 6.92 Å². The van der Waals surface area contributed by atoms with Gasteiger partial charge in [0.2, 0.25) is 0 Å². The molecular formula is C19H16ClN5O3. The Kier molecular flexibility index (Phi) is 5.71. The summed E-state index contributed by atoms with van der Waals surface area (Å²) in [5.41, 5.74) is 7.45. The fourth-order valence-electron chi connectivity index (χ4n) is 2.33. The molecule has 142 valence electrons. The van der Waals surface area contributed by atoms with Gasteiger partial charge in [-0.05, 0) is 42.8 Å². The molecule has 0 fully saturated rings. The average molecular weight is 398 g/mol.